The number of aryl methyl sites for hydroxylation is 1. The highest BCUT2D eigenvalue weighted by molar-refractivity contribution is 7.92. The molecule has 1 aliphatic carbocycles. The van der Waals surface area contributed by atoms with Crippen LogP contribution in [-0.4, -0.2) is 39.7 Å². The van der Waals surface area contributed by atoms with E-state index in [1.54, 1.807) is 25.1 Å². The van der Waals surface area contributed by atoms with Gasteiger partial charge in [0.05, 0.1) is 11.9 Å². The lowest BCUT2D eigenvalue weighted by atomic mass is 10.1. The molecule has 7 heteroatoms. The van der Waals surface area contributed by atoms with Crippen LogP contribution in [0.4, 0.5) is 5.69 Å². The first kappa shape index (κ1) is 19.7. The van der Waals surface area contributed by atoms with E-state index < -0.39 is 10.0 Å². The molecule has 0 radical (unpaired) electrons. The molecule has 1 saturated carbocycles. The average molecular weight is 368 g/mol. The Balaban J connectivity index is 1.83. The van der Waals surface area contributed by atoms with E-state index in [0.717, 1.165) is 18.4 Å². The highest BCUT2D eigenvalue weighted by atomic mass is 32.2. The minimum atomic E-state index is -3.37. The van der Waals surface area contributed by atoms with Crippen molar-refractivity contribution in [2.45, 2.75) is 51.5 Å². The molecule has 1 fully saturated rings. The van der Waals surface area contributed by atoms with Crippen molar-refractivity contribution in [2.75, 3.05) is 24.1 Å². The highest BCUT2D eigenvalue weighted by Crippen LogP contribution is 2.18. The second kappa shape index (κ2) is 9.20. The summed E-state index contributed by atoms with van der Waals surface area (Å²) in [7, 11) is -3.37. The van der Waals surface area contributed by atoms with Gasteiger partial charge in [0.25, 0.3) is 5.91 Å². The molecule has 0 bridgehead atoms. The molecule has 0 aromatic heterocycles. The summed E-state index contributed by atoms with van der Waals surface area (Å²) < 4.78 is 25.2. The fourth-order valence-electron chi connectivity index (χ4n) is 3.11. The van der Waals surface area contributed by atoms with E-state index in [9.17, 15) is 13.2 Å². The fourth-order valence-corrected chi connectivity index (χ4v) is 3.73. The maximum Gasteiger partial charge on any atom is 0.251 e. The number of rotatable bonds is 7. The zero-order valence-corrected chi connectivity index (χ0v) is 15.9. The number of nitrogens with one attached hydrogen (secondary N) is 3. The van der Waals surface area contributed by atoms with Gasteiger partial charge in [0, 0.05) is 24.7 Å². The maximum atomic E-state index is 12.3. The lowest BCUT2D eigenvalue weighted by molar-refractivity contribution is 0.0953. The first-order valence-electron chi connectivity index (χ1n) is 8.95. The molecular weight excluding hydrogens is 338 g/mol. The van der Waals surface area contributed by atoms with E-state index in [1.807, 2.05) is 0 Å². The summed E-state index contributed by atoms with van der Waals surface area (Å²) in [6.45, 7) is 3.10. The SMILES string of the molecule is Cc1ccc(C(=O)NCCNC2CCCCCC2)cc1NS(C)(=O)=O. The predicted octanol–water partition coefficient (Wildman–Crippen LogP) is 2.41. The van der Waals surface area contributed by atoms with Crippen molar-refractivity contribution in [3.05, 3.63) is 29.3 Å². The molecule has 0 aliphatic heterocycles. The van der Waals surface area contributed by atoms with Crippen molar-refractivity contribution >= 4 is 21.6 Å². The quantitative estimate of drug-likeness (QED) is 0.510. The number of hydrogen-bond acceptors (Lipinski definition) is 4. The minimum Gasteiger partial charge on any atom is -0.351 e. The van der Waals surface area contributed by atoms with Gasteiger partial charge in [-0.1, -0.05) is 31.7 Å². The maximum absolute atomic E-state index is 12.3. The van der Waals surface area contributed by atoms with Crippen LogP contribution < -0.4 is 15.4 Å². The number of benzene rings is 1. The van der Waals surface area contributed by atoms with E-state index in [2.05, 4.69) is 15.4 Å². The second-order valence-corrected chi connectivity index (χ2v) is 8.55. The molecule has 1 amide bonds. The summed E-state index contributed by atoms with van der Waals surface area (Å²) in [6, 6.07) is 5.58. The van der Waals surface area contributed by atoms with Crippen LogP contribution in [0.3, 0.4) is 0 Å². The number of anilines is 1. The van der Waals surface area contributed by atoms with Crippen molar-refractivity contribution in [1.82, 2.24) is 10.6 Å². The number of carbonyl (C=O) groups is 1. The third kappa shape index (κ3) is 7.04. The summed E-state index contributed by atoms with van der Waals surface area (Å²) in [5.41, 5.74) is 1.66. The normalized spacial score (nSPS) is 16.2. The molecule has 0 atom stereocenters. The van der Waals surface area contributed by atoms with Crippen LogP contribution in [0.25, 0.3) is 0 Å². The van der Waals surface area contributed by atoms with Crippen molar-refractivity contribution in [1.29, 1.82) is 0 Å². The van der Waals surface area contributed by atoms with Crippen LogP contribution in [0.5, 0.6) is 0 Å². The van der Waals surface area contributed by atoms with Crippen molar-refractivity contribution in [2.24, 2.45) is 0 Å². The minimum absolute atomic E-state index is 0.195. The number of carbonyl (C=O) groups excluding carboxylic acids is 1. The average Bonchev–Trinajstić information content (AvgIpc) is 2.81. The summed E-state index contributed by atoms with van der Waals surface area (Å²) in [6.07, 6.45) is 8.74. The van der Waals surface area contributed by atoms with Gasteiger partial charge in [-0.25, -0.2) is 8.42 Å². The predicted molar refractivity (Wildman–Crippen MR) is 101 cm³/mol. The molecule has 1 aromatic rings. The first-order chi connectivity index (χ1) is 11.8. The molecule has 1 aromatic carbocycles. The second-order valence-electron chi connectivity index (χ2n) is 6.80. The summed E-state index contributed by atoms with van der Waals surface area (Å²) >= 11 is 0. The third-order valence-electron chi connectivity index (χ3n) is 4.49. The van der Waals surface area contributed by atoms with Crippen LogP contribution in [0.15, 0.2) is 18.2 Å². The van der Waals surface area contributed by atoms with Gasteiger partial charge in [-0.3, -0.25) is 9.52 Å². The Bertz CT molecular complexity index is 681. The highest BCUT2D eigenvalue weighted by Gasteiger charge is 2.12. The van der Waals surface area contributed by atoms with Crippen LogP contribution in [0.2, 0.25) is 0 Å². The van der Waals surface area contributed by atoms with Gasteiger partial charge >= 0.3 is 0 Å². The Labute approximate surface area is 150 Å². The van der Waals surface area contributed by atoms with E-state index in [-0.39, 0.29) is 5.91 Å². The number of amides is 1. The standard InChI is InChI=1S/C18H29N3O3S/c1-14-9-10-15(13-17(14)21-25(2,23)24)18(22)20-12-11-19-16-7-5-3-4-6-8-16/h9-10,13,16,19,21H,3-8,11-12H2,1-2H3,(H,20,22). The zero-order chi connectivity index (χ0) is 18.3. The van der Waals surface area contributed by atoms with Gasteiger partial charge < -0.3 is 10.6 Å². The molecule has 3 N–H and O–H groups in total. The number of hydrogen-bond donors (Lipinski definition) is 3. The number of sulfonamides is 1. The fraction of sp³-hybridized carbons (Fsp3) is 0.611. The van der Waals surface area contributed by atoms with Gasteiger partial charge in [0.15, 0.2) is 0 Å². The molecule has 25 heavy (non-hydrogen) atoms. The first-order valence-corrected chi connectivity index (χ1v) is 10.8. The topological polar surface area (TPSA) is 87.3 Å². The molecular formula is C18H29N3O3S. The van der Waals surface area contributed by atoms with Crippen molar-refractivity contribution < 1.29 is 13.2 Å². The Kier molecular flexibility index (Phi) is 7.25. The van der Waals surface area contributed by atoms with Crippen LogP contribution in [-0.2, 0) is 10.0 Å². The smallest absolute Gasteiger partial charge is 0.251 e. The summed E-state index contributed by atoms with van der Waals surface area (Å²) in [5.74, 6) is -0.195. The zero-order valence-electron chi connectivity index (χ0n) is 15.1. The van der Waals surface area contributed by atoms with Crippen LogP contribution in [0.1, 0.15) is 54.4 Å². The van der Waals surface area contributed by atoms with Gasteiger partial charge in [0.1, 0.15) is 0 Å². The Morgan fingerprint density at radius 2 is 1.80 bits per heavy atom. The van der Waals surface area contributed by atoms with Crippen molar-refractivity contribution in [3.8, 4) is 0 Å². The van der Waals surface area contributed by atoms with E-state index >= 15 is 0 Å². The molecule has 2 rings (SSSR count). The van der Waals surface area contributed by atoms with E-state index in [1.165, 1.54) is 38.5 Å². The largest absolute Gasteiger partial charge is 0.351 e. The van der Waals surface area contributed by atoms with Gasteiger partial charge in [0.2, 0.25) is 10.0 Å². The van der Waals surface area contributed by atoms with Gasteiger partial charge in [-0.15, -0.1) is 0 Å². The molecule has 0 heterocycles. The van der Waals surface area contributed by atoms with Crippen molar-refractivity contribution in [3.63, 3.8) is 0 Å². The summed E-state index contributed by atoms with van der Waals surface area (Å²) in [4.78, 5) is 12.3. The molecule has 1 aliphatic rings. The lowest BCUT2D eigenvalue weighted by Gasteiger charge is -2.16. The molecule has 0 spiro atoms. The molecule has 0 saturated heterocycles. The molecule has 0 unspecified atom stereocenters. The van der Waals surface area contributed by atoms with Gasteiger partial charge in [-0.2, -0.15) is 0 Å². The molecule has 6 nitrogen and oxygen atoms in total. The van der Waals surface area contributed by atoms with Crippen LogP contribution in [0, 0.1) is 6.92 Å². The van der Waals surface area contributed by atoms with E-state index in [0.29, 0.717) is 23.8 Å². The monoisotopic (exact) mass is 367 g/mol. The van der Waals surface area contributed by atoms with Gasteiger partial charge in [-0.05, 0) is 37.5 Å². The summed E-state index contributed by atoms with van der Waals surface area (Å²) in [5, 5.41) is 6.40. The Morgan fingerprint density at radius 1 is 1.12 bits per heavy atom. The van der Waals surface area contributed by atoms with Crippen LogP contribution >= 0.6 is 0 Å². The molecule has 140 valence electrons. The Hall–Kier alpha value is -1.60. The van der Waals surface area contributed by atoms with E-state index in [4.69, 9.17) is 0 Å². The third-order valence-corrected chi connectivity index (χ3v) is 5.08. The Morgan fingerprint density at radius 3 is 2.44 bits per heavy atom. The lowest BCUT2D eigenvalue weighted by Crippen LogP contribution is -2.36.